The quantitative estimate of drug-likeness (QED) is 0.737. The van der Waals surface area contributed by atoms with Gasteiger partial charge in [-0.25, -0.2) is 13.6 Å². The number of carbonyl (C=O) groups is 2. The van der Waals surface area contributed by atoms with Gasteiger partial charge in [0.2, 0.25) is 15.9 Å². The molecule has 1 saturated carbocycles. The number of primary sulfonamides is 1. The Morgan fingerprint density at radius 3 is 2.50 bits per heavy atom. The Morgan fingerprint density at radius 1 is 1.35 bits per heavy atom. The lowest BCUT2D eigenvalue weighted by Crippen LogP contribution is -2.18. The van der Waals surface area contributed by atoms with E-state index in [1.54, 1.807) is 13.0 Å². The van der Waals surface area contributed by atoms with Crippen LogP contribution < -0.4 is 10.5 Å². The van der Waals surface area contributed by atoms with Gasteiger partial charge in [0.05, 0.1) is 16.7 Å². The van der Waals surface area contributed by atoms with Crippen LogP contribution in [0.2, 0.25) is 0 Å². The number of nitrogens with two attached hydrogens (primary N) is 1. The van der Waals surface area contributed by atoms with E-state index in [4.69, 9.17) is 10.2 Å². The molecule has 0 spiro atoms. The summed E-state index contributed by atoms with van der Waals surface area (Å²) in [6.45, 7) is 1.59. The van der Waals surface area contributed by atoms with Gasteiger partial charge in [-0.3, -0.25) is 9.59 Å². The van der Waals surface area contributed by atoms with Gasteiger partial charge in [-0.2, -0.15) is 0 Å². The first-order chi connectivity index (χ1) is 9.20. The predicted octanol–water partition coefficient (Wildman–Crippen LogP) is 0.302. The zero-order valence-corrected chi connectivity index (χ0v) is 11.5. The number of sulfonamides is 1. The summed E-state index contributed by atoms with van der Waals surface area (Å²) in [5, 5.41) is 16.3. The van der Waals surface area contributed by atoms with E-state index in [1.165, 1.54) is 12.1 Å². The third kappa shape index (κ3) is 2.97. The number of rotatable bonds is 4. The molecule has 108 valence electrons. The van der Waals surface area contributed by atoms with Crippen LogP contribution in [0.15, 0.2) is 23.1 Å². The van der Waals surface area contributed by atoms with Crippen molar-refractivity contribution < 1.29 is 23.1 Å². The largest absolute Gasteiger partial charge is 0.481 e. The Balaban J connectivity index is 2.15. The van der Waals surface area contributed by atoms with E-state index < -0.39 is 33.7 Å². The van der Waals surface area contributed by atoms with Gasteiger partial charge in [-0.1, -0.05) is 6.07 Å². The lowest BCUT2D eigenvalue weighted by molar-refractivity contribution is -0.139. The smallest absolute Gasteiger partial charge is 0.307 e. The maximum atomic E-state index is 11.8. The Bertz CT molecular complexity index is 683. The summed E-state index contributed by atoms with van der Waals surface area (Å²) in [7, 11) is -3.87. The Labute approximate surface area is 115 Å². The van der Waals surface area contributed by atoms with Gasteiger partial charge < -0.3 is 10.4 Å². The molecule has 20 heavy (non-hydrogen) atoms. The predicted molar refractivity (Wildman–Crippen MR) is 70.4 cm³/mol. The second-order valence-electron chi connectivity index (χ2n) is 4.80. The van der Waals surface area contributed by atoms with Crippen LogP contribution in [0.5, 0.6) is 0 Å². The van der Waals surface area contributed by atoms with Crippen LogP contribution in [0.25, 0.3) is 0 Å². The molecule has 2 unspecified atom stereocenters. The summed E-state index contributed by atoms with van der Waals surface area (Å²) >= 11 is 0. The number of carboxylic acid groups (broad SMARTS) is 1. The molecule has 0 aliphatic heterocycles. The average molecular weight is 298 g/mol. The van der Waals surface area contributed by atoms with Gasteiger partial charge in [0.1, 0.15) is 0 Å². The molecule has 1 aromatic carbocycles. The Hall–Kier alpha value is -1.93. The van der Waals surface area contributed by atoms with Crippen LogP contribution in [-0.2, 0) is 19.6 Å². The number of nitrogens with one attached hydrogen (secondary N) is 1. The second kappa shape index (κ2) is 4.88. The summed E-state index contributed by atoms with van der Waals surface area (Å²) in [6, 6.07) is 4.33. The minimum absolute atomic E-state index is 0.0686. The van der Waals surface area contributed by atoms with Gasteiger partial charge in [0, 0.05) is 5.69 Å². The maximum absolute atomic E-state index is 11.8. The minimum Gasteiger partial charge on any atom is -0.481 e. The number of aliphatic carboxylic acids is 1. The number of hydrogen-bond donors (Lipinski definition) is 3. The molecule has 1 fully saturated rings. The van der Waals surface area contributed by atoms with E-state index in [-0.39, 0.29) is 10.6 Å². The zero-order valence-electron chi connectivity index (χ0n) is 10.7. The van der Waals surface area contributed by atoms with Gasteiger partial charge in [-0.15, -0.1) is 0 Å². The van der Waals surface area contributed by atoms with E-state index in [9.17, 15) is 18.0 Å². The molecule has 2 rings (SSSR count). The number of aryl methyl sites for hydroxylation is 1. The highest BCUT2D eigenvalue weighted by Crippen LogP contribution is 2.39. The van der Waals surface area contributed by atoms with Crippen LogP contribution >= 0.6 is 0 Å². The van der Waals surface area contributed by atoms with Crippen molar-refractivity contribution in [1.82, 2.24) is 0 Å². The van der Waals surface area contributed by atoms with Crippen molar-refractivity contribution in [2.45, 2.75) is 18.2 Å². The maximum Gasteiger partial charge on any atom is 0.307 e. The molecule has 0 heterocycles. The first-order valence-corrected chi connectivity index (χ1v) is 7.42. The third-order valence-corrected chi connectivity index (χ3v) is 4.26. The summed E-state index contributed by atoms with van der Waals surface area (Å²) in [6.07, 6.45) is 0.301. The van der Waals surface area contributed by atoms with Crippen molar-refractivity contribution in [3.05, 3.63) is 23.8 Å². The number of hydrogen-bond acceptors (Lipinski definition) is 4. The molecule has 1 aliphatic carbocycles. The van der Waals surface area contributed by atoms with Crippen molar-refractivity contribution in [2.24, 2.45) is 17.0 Å². The summed E-state index contributed by atoms with van der Waals surface area (Å²) in [5.41, 5.74) is 0.751. The highest BCUT2D eigenvalue weighted by molar-refractivity contribution is 7.89. The van der Waals surface area contributed by atoms with Gasteiger partial charge in [0.15, 0.2) is 0 Å². The molecule has 0 radical (unpaired) electrons. The summed E-state index contributed by atoms with van der Waals surface area (Å²) in [4.78, 5) is 22.4. The molecule has 0 bridgehead atoms. The first-order valence-electron chi connectivity index (χ1n) is 5.87. The van der Waals surface area contributed by atoms with Gasteiger partial charge >= 0.3 is 5.97 Å². The molecule has 1 aliphatic rings. The van der Waals surface area contributed by atoms with Crippen molar-refractivity contribution in [3.8, 4) is 0 Å². The van der Waals surface area contributed by atoms with E-state index in [2.05, 4.69) is 5.32 Å². The van der Waals surface area contributed by atoms with Crippen LogP contribution in [0.3, 0.4) is 0 Å². The molecule has 0 aromatic heterocycles. The molecule has 1 amide bonds. The Morgan fingerprint density at radius 2 is 2.00 bits per heavy atom. The van der Waals surface area contributed by atoms with Crippen LogP contribution in [0.1, 0.15) is 12.0 Å². The molecular formula is C12H14N2O5S. The SMILES string of the molecule is Cc1ccc(NC(=O)C2CC2C(=O)O)cc1S(N)(=O)=O. The standard InChI is InChI=1S/C12H14N2O5S/c1-6-2-3-7(4-10(6)20(13,18)19)14-11(15)8-5-9(8)12(16)17/h2-4,8-9H,5H2,1H3,(H,14,15)(H,16,17)(H2,13,18,19). The van der Waals surface area contributed by atoms with E-state index in [0.717, 1.165) is 0 Å². The molecule has 7 nitrogen and oxygen atoms in total. The third-order valence-electron chi connectivity index (χ3n) is 3.21. The fourth-order valence-electron chi connectivity index (χ4n) is 1.98. The molecule has 1 aromatic rings. The molecule has 0 saturated heterocycles. The summed E-state index contributed by atoms with van der Waals surface area (Å²) < 4.78 is 22.7. The molecule has 2 atom stereocenters. The van der Waals surface area contributed by atoms with Crippen molar-refractivity contribution in [2.75, 3.05) is 5.32 Å². The van der Waals surface area contributed by atoms with E-state index >= 15 is 0 Å². The van der Waals surface area contributed by atoms with Crippen LogP contribution in [-0.4, -0.2) is 25.4 Å². The highest BCUT2D eigenvalue weighted by atomic mass is 32.2. The summed E-state index contributed by atoms with van der Waals surface area (Å²) in [5.74, 6) is -2.65. The van der Waals surface area contributed by atoms with Gasteiger partial charge in [-0.05, 0) is 31.0 Å². The average Bonchev–Trinajstić information content (AvgIpc) is 3.10. The monoisotopic (exact) mass is 298 g/mol. The van der Waals surface area contributed by atoms with E-state index in [0.29, 0.717) is 12.0 Å². The van der Waals surface area contributed by atoms with Crippen molar-refractivity contribution in [1.29, 1.82) is 0 Å². The molecule has 8 heteroatoms. The minimum atomic E-state index is -3.87. The lowest BCUT2D eigenvalue weighted by Gasteiger charge is -2.08. The Kier molecular flexibility index (Phi) is 3.53. The molecular weight excluding hydrogens is 284 g/mol. The zero-order chi connectivity index (χ0) is 15.1. The number of anilines is 1. The lowest BCUT2D eigenvalue weighted by atomic mass is 10.2. The van der Waals surface area contributed by atoms with Gasteiger partial charge in [0.25, 0.3) is 0 Å². The van der Waals surface area contributed by atoms with Crippen LogP contribution in [0, 0.1) is 18.8 Å². The van der Waals surface area contributed by atoms with E-state index in [1.807, 2.05) is 0 Å². The number of carbonyl (C=O) groups excluding carboxylic acids is 1. The first kappa shape index (κ1) is 14.5. The molecule has 4 N–H and O–H groups in total. The van der Waals surface area contributed by atoms with Crippen molar-refractivity contribution >= 4 is 27.6 Å². The topological polar surface area (TPSA) is 127 Å². The number of carboxylic acids is 1. The second-order valence-corrected chi connectivity index (χ2v) is 6.33. The fourth-order valence-corrected chi connectivity index (χ4v) is 2.79. The number of benzene rings is 1. The normalized spacial score (nSPS) is 21.3. The van der Waals surface area contributed by atoms with Crippen molar-refractivity contribution in [3.63, 3.8) is 0 Å². The fraction of sp³-hybridized carbons (Fsp3) is 0.333. The number of amides is 1. The highest BCUT2D eigenvalue weighted by Gasteiger charge is 2.48. The van der Waals surface area contributed by atoms with Crippen LogP contribution in [0.4, 0.5) is 5.69 Å².